The Morgan fingerprint density at radius 3 is 2.48 bits per heavy atom. The number of hydrogen-bond acceptors (Lipinski definition) is 0. The van der Waals surface area contributed by atoms with Crippen LogP contribution in [0.3, 0.4) is 0 Å². The Morgan fingerprint density at radius 2 is 1.84 bits per heavy atom. The summed E-state index contributed by atoms with van der Waals surface area (Å²) in [5.74, 6) is 1.49. The van der Waals surface area contributed by atoms with Crippen molar-refractivity contribution in [2.45, 2.75) is 65.2 Å². The molecule has 31 heavy (non-hydrogen) atoms. The van der Waals surface area contributed by atoms with Crippen LogP contribution in [-0.4, -0.2) is 0 Å². The Morgan fingerprint density at radius 1 is 1.10 bits per heavy atom. The molecule has 0 bridgehead atoms. The van der Waals surface area contributed by atoms with Gasteiger partial charge >= 0.3 is 0 Å². The molecule has 1 saturated carbocycles. The summed E-state index contributed by atoms with van der Waals surface area (Å²) in [4.78, 5) is 0. The van der Waals surface area contributed by atoms with Gasteiger partial charge < -0.3 is 0 Å². The molecule has 3 aromatic carbocycles. The van der Waals surface area contributed by atoms with E-state index >= 15 is 0 Å². The maximum atomic E-state index is 4.04. The van der Waals surface area contributed by atoms with Gasteiger partial charge in [0.1, 0.15) is 0 Å². The maximum Gasteiger partial charge on any atom is 0 e. The standard InChI is InChI=1S/C30H35.Zr/c1-6-23(25-10-7-9-21(2)17-25)18-22-19-26-11-8-12-28(29(26)20-22)24-13-15-27(16-14-24)30(3,4)5;/h8,11-16,19-21,25H,1,7,9-10,17-18H2,2-5H3;/q-1;. The molecule has 4 rings (SSSR count). The van der Waals surface area contributed by atoms with Gasteiger partial charge in [0.25, 0.3) is 0 Å². The van der Waals surface area contributed by atoms with Crippen molar-refractivity contribution < 1.29 is 26.2 Å². The topological polar surface area (TPSA) is 0 Å². The molecule has 3 aromatic rings. The molecule has 0 heterocycles. The van der Waals surface area contributed by atoms with Crippen LogP contribution in [0.2, 0.25) is 0 Å². The average molecular weight is 487 g/mol. The molecular formula is C30H35Zr-. The second-order valence-corrected chi connectivity index (χ2v) is 10.3. The number of hydrogen-bond donors (Lipinski definition) is 0. The summed E-state index contributed by atoms with van der Waals surface area (Å²) in [6.45, 7) is 13.2. The Labute approximate surface area is 207 Å². The van der Waals surface area contributed by atoms with Gasteiger partial charge in [-0.15, -0.1) is 40.3 Å². The largest absolute Gasteiger partial charge is 0.164 e. The molecule has 0 amide bonds. The molecule has 0 aromatic heterocycles. The molecule has 0 nitrogen and oxygen atoms in total. The summed E-state index contributed by atoms with van der Waals surface area (Å²) in [6.07, 6.45) is 6.29. The van der Waals surface area contributed by atoms with Crippen LogP contribution in [0.25, 0.3) is 21.9 Å². The van der Waals surface area contributed by atoms with Crippen LogP contribution in [-0.2, 0) is 38.0 Å². The molecule has 2 atom stereocenters. The van der Waals surface area contributed by atoms with E-state index in [0.29, 0.717) is 5.92 Å². The minimum absolute atomic E-state index is 0. The average Bonchev–Trinajstić information content (AvgIpc) is 3.14. The zero-order valence-corrected chi connectivity index (χ0v) is 22.1. The first-order valence-electron chi connectivity index (χ1n) is 11.5. The predicted octanol–water partition coefficient (Wildman–Crippen LogP) is 8.60. The molecule has 160 valence electrons. The van der Waals surface area contributed by atoms with Crippen LogP contribution in [0.5, 0.6) is 0 Å². The van der Waals surface area contributed by atoms with Gasteiger partial charge in [0, 0.05) is 26.2 Å². The zero-order chi connectivity index (χ0) is 21.3. The molecule has 2 unspecified atom stereocenters. The Bertz CT molecular complexity index is 1070. The normalized spacial score (nSPS) is 19.0. The number of fused-ring (bicyclic) bond motifs is 1. The third kappa shape index (κ3) is 5.45. The molecule has 0 spiro atoms. The van der Waals surface area contributed by atoms with Crippen LogP contribution in [0, 0.1) is 11.8 Å². The van der Waals surface area contributed by atoms with Gasteiger partial charge in [0.05, 0.1) is 0 Å². The predicted molar refractivity (Wildman–Crippen MR) is 131 cm³/mol. The van der Waals surface area contributed by atoms with Gasteiger partial charge in [-0.3, -0.25) is 0 Å². The van der Waals surface area contributed by atoms with E-state index < -0.39 is 0 Å². The fourth-order valence-electron chi connectivity index (χ4n) is 5.12. The van der Waals surface area contributed by atoms with Crippen molar-refractivity contribution in [1.29, 1.82) is 0 Å². The third-order valence-electron chi connectivity index (χ3n) is 6.92. The first kappa shape index (κ1) is 24.1. The van der Waals surface area contributed by atoms with Gasteiger partial charge in [-0.25, -0.2) is 0 Å². The van der Waals surface area contributed by atoms with Crippen molar-refractivity contribution in [3.05, 3.63) is 83.6 Å². The number of rotatable bonds is 4. The van der Waals surface area contributed by atoms with Crippen molar-refractivity contribution in [2.24, 2.45) is 11.8 Å². The molecule has 0 aliphatic heterocycles. The molecule has 1 fully saturated rings. The van der Waals surface area contributed by atoms with E-state index in [0.717, 1.165) is 12.3 Å². The fourth-order valence-corrected chi connectivity index (χ4v) is 5.12. The Balaban J connectivity index is 0.00000272. The summed E-state index contributed by atoms with van der Waals surface area (Å²) in [6, 6.07) is 20.6. The molecule has 1 aliphatic carbocycles. The van der Waals surface area contributed by atoms with Crippen molar-refractivity contribution in [2.75, 3.05) is 0 Å². The van der Waals surface area contributed by atoms with Gasteiger partial charge in [-0.2, -0.15) is 6.07 Å². The fraction of sp³-hybridized carbons (Fsp3) is 0.400. The molecule has 1 heteroatoms. The van der Waals surface area contributed by atoms with Crippen LogP contribution < -0.4 is 0 Å². The van der Waals surface area contributed by atoms with E-state index in [2.05, 4.69) is 94.6 Å². The van der Waals surface area contributed by atoms with Crippen molar-refractivity contribution in [3.8, 4) is 11.1 Å². The third-order valence-corrected chi connectivity index (χ3v) is 6.92. The quantitative estimate of drug-likeness (QED) is 0.256. The van der Waals surface area contributed by atoms with Gasteiger partial charge in [-0.1, -0.05) is 83.0 Å². The minimum Gasteiger partial charge on any atom is -0.164 e. The summed E-state index contributed by atoms with van der Waals surface area (Å²) in [7, 11) is 0. The van der Waals surface area contributed by atoms with E-state index in [9.17, 15) is 0 Å². The van der Waals surface area contributed by atoms with Crippen molar-refractivity contribution >= 4 is 10.8 Å². The smallest absolute Gasteiger partial charge is 0 e. The van der Waals surface area contributed by atoms with Crippen LogP contribution >= 0.6 is 0 Å². The van der Waals surface area contributed by atoms with Gasteiger partial charge in [0.2, 0.25) is 0 Å². The van der Waals surface area contributed by atoms with E-state index in [4.69, 9.17) is 0 Å². The first-order valence-corrected chi connectivity index (χ1v) is 11.5. The molecular weight excluding hydrogens is 452 g/mol. The molecule has 0 N–H and O–H groups in total. The summed E-state index contributed by atoms with van der Waals surface area (Å²) < 4.78 is 0. The van der Waals surface area contributed by atoms with Crippen LogP contribution in [0.15, 0.2) is 72.5 Å². The van der Waals surface area contributed by atoms with E-state index in [1.807, 2.05) is 0 Å². The second-order valence-electron chi connectivity index (χ2n) is 10.3. The summed E-state index contributed by atoms with van der Waals surface area (Å²) >= 11 is 0. The Hall–Kier alpha value is -1.55. The van der Waals surface area contributed by atoms with Crippen molar-refractivity contribution in [1.82, 2.24) is 0 Å². The summed E-state index contributed by atoms with van der Waals surface area (Å²) in [5.41, 5.74) is 10.3. The maximum absolute atomic E-state index is 4.04. The number of benzene rings is 2. The SMILES string of the molecule is C=C=C(Cc1cc2c(-c3ccc(C(C)(C)C)cc3)cccc2[cH-]1)C1CCCC(C)C1.[Zr]. The van der Waals surface area contributed by atoms with E-state index in [1.165, 1.54) is 64.3 Å². The minimum atomic E-state index is 0. The van der Waals surface area contributed by atoms with E-state index in [1.54, 1.807) is 0 Å². The summed E-state index contributed by atoms with van der Waals surface area (Å²) in [5, 5.41) is 2.69. The zero-order valence-electron chi connectivity index (χ0n) is 19.6. The van der Waals surface area contributed by atoms with Gasteiger partial charge in [0.15, 0.2) is 0 Å². The van der Waals surface area contributed by atoms with Crippen LogP contribution in [0.1, 0.15) is 64.5 Å². The monoisotopic (exact) mass is 485 g/mol. The molecule has 0 radical (unpaired) electrons. The van der Waals surface area contributed by atoms with Gasteiger partial charge in [-0.05, 0) is 53.2 Å². The van der Waals surface area contributed by atoms with Crippen molar-refractivity contribution in [3.63, 3.8) is 0 Å². The van der Waals surface area contributed by atoms with E-state index in [-0.39, 0.29) is 31.6 Å². The second kappa shape index (κ2) is 9.94. The van der Waals surface area contributed by atoms with Crippen LogP contribution in [0.4, 0.5) is 0 Å². The molecule has 0 saturated heterocycles. The molecule has 1 aliphatic rings. The Kier molecular flexibility index (Phi) is 7.73. The first-order chi connectivity index (χ1) is 14.3. The number of allylic oxidation sites excluding steroid dienone is 1.